The van der Waals surface area contributed by atoms with Gasteiger partial charge in [0.1, 0.15) is 5.75 Å². The van der Waals surface area contributed by atoms with Crippen molar-refractivity contribution in [2.75, 3.05) is 5.33 Å². The summed E-state index contributed by atoms with van der Waals surface area (Å²) in [6.45, 7) is 4.12. The molecule has 1 amide bonds. The van der Waals surface area contributed by atoms with Crippen molar-refractivity contribution in [1.29, 1.82) is 0 Å². The molecule has 0 heterocycles. The highest BCUT2D eigenvalue weighted by Gasteiger charge is 2.15. The Morgan fingerprint density at radius 2 is 2.06 bits per heavy atom. The van der Waals surface area contributed by atoms with Crippen molar-refractivity contribution >= 4 is 21.8 Å². The minimum Gasteiger partial charge on any atom is -0.508 e. The molecule has 2 N–H and O–H groups in total. The predicted molar refractivity (Wildman–Crippen MR) is 72.4 cm³/mol. The minimum absolute atomic E-state index is 0.0651. The van der Waals surface area contributed by atoms with Crippen molar-refractivity contribution in [3.8, 4) is 5.75 Å². The van der Waals surface area contributed by atoms with Gasteiger partial charge in [-0.1, -0.05) is 48.0 Å². The van der Waals surface area contributed by atoms with Gasteiger partial charge in [0.25, 0.3) is 0 Å². The van der Waals surface area contributed by atoms with E-state index in [-0.39, 0.29) is 24.1 Å². The van der Waals surface area contributed by atoms with Crippen LogP contribution < -0.4 is 5.32 Å². The van der Waals surface area contributed by atoms with Crippen molar-refractivity contribution in [1.82, 2.24) is 5.32 Å². The predicted octanol–water partition coefficient (Wildman–Crippen LogP) is 2.47. The number of phenolic OH excluding ortho intramolecular Hbond substituents is 1. The molecule has 0 aromatic heterocycles. The maximum absolute atomic E-state index is 11.8. The summed E-state index contributed by atoms with van der Waals surface area (Å²) >= 11 is 3.38. The lowest BCUT2D eigenvalue weighted by Gasteiger charge is -2.20. The quantitative estimate of drug-likeness (QED) is 0.821. The molecule has 0 aliphatic carbocycles. The highest BCUT2D eigenvalue weighted by Crippen LogP contribution is 2.16. The van der Waals surface area contributed by atoms with Crippen LogP contribution in [-0.4, -0.2) is 22.4 Å². The van der Waals surface area contributed by atoms with Crippen molar-refractivity contribution in [2.24, 2.45) is 5.92 Å². The Bertz CT molecular complexity index is 379. The number of hydrogen-bond donors (Lipinski definition) is 2. The summed E-state index contributed by atoms with van der Waals surface area (Å²) < 4.78 is 0. The molecule has 94 valence electrons. The number of phenols is 1. The van der Waals surface area contributed by atoms with Gasteiger partial charge in [0.05, 0.1) is 6.42 Å². The van der Waals surface area contributed by atoms with E-state index >= 15 is 0 Å². The molecular weight excluding hydrogens is 282 g/mol. The van der Waals surface area contributed by atoms with E-state index in [0.29, 0.717) is 11.5 Å². The average Bonchev–Trinajstić information content (AvgIpc) is 2.28. The molecule has 0 saturated carbocycles. The van der Waals surface area contributed by atoms with Crippen LogP contribution in [0.5, 0.6) is 5.75 Å². The molecule has 1 aromatic rings. The first-order chi connectivity index (χ1) is 8.04. The number of benzene rings is 1. The zero-order valence-corrected chi connectivity index (χ0v) is 11.7. The van der Waals surface area contributed by atoms with Crippen LogP contribution in [0.25, 0.3) is 0 Å². The van der Waals surface area contributed by atoms with E-state index in [9.17, 15) is 9.90 Å². The summed E-state index contributed by atoms with van der Waals surface area (Å²) in [6, 6.07) is 7.02. The fourth-order valence-electron chi connectivity index (χ4n) is 1.47. The zero-order valence-electron chi connectivity index (χ0n) is 10.1. The van der Waals surface area contributed by atoms with E-state index in [1.54, 1.807) is 18.2 Å². The molecule has 0 bridgehead atoms. The van der Waals surface area contributed by atoms with E-state index in [1.807, 2.05) is 6.07 Å². The lowest BCUT2D eigenvalue weighted by atomic mass is 10.1. The second-order valence-corrected chi connectivity index (χ2v) is 5.03. The lowest BCUT2D eigenvalue weighted by molar-refractivity contribution is -0.121. The van der Waals surface area contributed by atoms with Gasteiger partial charge in [-0.05, 0) is 12.0 Å². The van der Waals surface area contributed by atoms with Gasteiger partial charge in [-0.15, -0.1) is 0 Å². The van der Waals surface area contributed by atoms with Crippen LogP contribution in [0, 0.1) is 5.92 Å². The third-order valence-corrected chi connectivity index (χ3v) is 3.36. The number of nitrogens with one attached hydrogen (secondary N) is 1. The fraction of sp³-hybridized carbons (Fsp3) is 0.462. The summed E-state index contributed by atoms with van der Waals surface area (Å²) in [7, 11) is 0. The van der Waals surface area contributed by atoms with E-state index in [2.05, 4.69) is 35.1 Å². The molecule has 0 saturated heterocycles. The fourth-order valence-corrected chi connectivity index (χ4v) is 2.38. The Balaban J connectivity index is 2.58. The highest BCUT2D eigenvalue weighted by atomic mass is 79.9. The summed E-state index contributed by atoms with van der Waals surface area (Å²) in [4.78, 5) is 11.8. The smallest absolute Gasteiger partial charge is 0.224 e. The largest absolute Gasteiger partial charge is 0.508 e. The van der Waals surface area contributed by atoms with Crippen molar-refractivity contribution in [2.45, 2.75) is 26.3 Å². The Labute approximate surface area is 110 Å². The Hall–Kier alpha value is -1.03. The van der Waals surface area contributed by atoms with Gasteiger partial charge in [-0.3, -0.25) is 4.79 Å². The molecule has 0 spiro atoms. The van der Waals surface area contributed by atoms with E-state index < -0.39 is 0 Å². The Morgan fingerprint density at radius 1 is 1.41 bits per heavy atom. The summed E-state index contributed by atoms with van der Waals surface area (Å²) in [5, 5.41) is 13.2. The van der Waals surface area contributed by atoms with Crippen LogP contribution in [0.3, 0.4) is 0 Å². The number of halogens is 1. The van der Waals surface area contributed by atoms with Crippen LogP contribution in [-0.2, 0) is 11.2 Å². The number of amides is 1. The van der Waals surface area contributed by atoms with E-state index in [4.69, 9.17) is 0 Å². The molecule has 3 nitrogen and oxygen atoms in total. The monoisotopic (exact) mass is 299 g/mol. The molecule has 0 aliphatic heterocycles. The highest BCUT2D eigenvalue weighted by molar-refractivity contribution is 9.09. The van der Waals surface area contributed by atoms with Crippen LogP contribution in [0.4, 0.5) is 0 Å². The second-order valence-electron chi connectivity index (χ2n) is 4.38. The SMILES string of the molecule is CC(C)C(CBr)NC(=O)Cc1ccccc1O. The first kappa shape index (κ1) is 14.0. The van der Waals surface area contributed by atoms with Crippen molar-refractivity contribution < 1.29 is 9.90 Å². The van der Waals surface area contributed by atoms with Gasteiger partial charge in [0, 0.05) is 16.9 Å². The van der Waals surface area contributed by atoms with Gasteiger partial charge in [0.15, 0.2) is 0 Å². The zero-order chi connectivity index (χ0) is 12.8. The number of carbonyl (C=O) groups excluding carboxylic acids is 1. The number of aromatic hydroxyl groups is 1. The number of rotatable bonds is 5. The molecule has 17 heavy (non-hydrogen) atoms. The molecular formula is C13H18BrNO2. The van der Waals surface area contributed by atoms with Crippen LogP contribution in [0.2, 0.25) is 0 Å². The maximum atomic E-state index is 11.8. The first-order valence-electron chi connectivity index (χ1n) is 5.66. The summed E-state index contributed by atoms with van der Waals surface area (Å²) in [6.07, 6.45) is 0.211. The van der Waals surface area contributed by atoms with Gasteiger partial charge in [-0.2, -0.15) is 0 Å². The summed E-state index contributed by atoms with van der Waals surface area (Å²) in [5.41, 5.74) is 0.655. The normalized spacial score (nSPS) is 12.5. The molecule has 1 rings (SSSR count). The van der Waals surface area contributed by atoms with Crippen LogP contribution in [0.15, 0.2) is 24.3 Å². The standard InChI is InChI=1S/C13H18BrNO2/c1-9(2)11(8-14)15-13(17)7-10-5-3-4-6-12(10)16/h3-6,9,11,16H,7-8H2,1-2H3,(H,15,17). The molecule has 4 heteroatoms. The van der Waals surface area contributed by atoms with Gasteiger partial charge < -0.3 is 10.4 Å². The van der Waals surface area contributed by atoms with E-state index in [1.165, 1.54) is 0 Å². The third kappa shape index (κ3) is 4.38. The number of carbonyl (C=O) groups is 1. The molecule has 0 radical (unpaired) electrons. The van der Waals surface area contributed by atoms with Gasteiger partial charge >= 0.3 is 0 Å². The van der Waals surface area contributed by atoms with Gasteiger partial charge in [-0.25, -0.2) is 0 Å². The maximum Gasteiger partial charge on any atom is 0.224 e. The Morgan fingerprint density at radius 3 is 2.59 bits per heavy atom. The topological polar surface area (TPSA) is 49.3 Å². The lowest BCUT2D eigenvalue weighted by Crippen LogP contribution is -2.40. The molecule has 1 atom stereocenters. The number of alkyl halides is 1. The number of para-hydroxylation sites is 1. The minimum atomic E-state index is -0.0651. The first-order valence-corrected chi connectivity index (χ1v) is 6.79. The molecule has 1 aromatic carbocycles. The van der Waals surface area contributed by atoms with Crippen LogP contribution in [0.1, 0.15) is 19.4 Å². The van der Waals surface area contributed by atoms with Crippen molar-refractivity contribution in [3.63, 3.8) is 0 Å². The summed E-state index contributed by atoms with van der Waals surface area (Å²) in [5.74, 6) is 0.481. The van der Waals surface area contributed by atoms with Gasteiger partial charge in [0.2, 0.25) is 5.91 Å². The third-order valence-electron chi connectivity index (χ3n) is 2.66. The second kappa shape index (κ2) is 6.64. The molecule has 0 fully saturated rings. The average molecular weight is 300 g/mol. The van der Waals surface area contributed by atoms with Crippen molar-refractivity contribution in [3.05, 3.63) is 29.8 Å². The van der Waals surface area contributed by atoms with E-state index in [0.717, 1.165) is 5.33 Å². The Kier molecular flexibility index (Phi) is 5.48. The molecule has 1 unspecified atom stereocenters. The van der Waals surface area contributed by atoms with Crippen LogP contribution >= 0.6 is 15.9 Å². The number of hydrogen-bond acceptors (Lipinski definition) is 2. The molecule has 0 aliphatic rings.